The average Bonchev–Trinajstić information content (AvgIpc) is 3.39. The maximum atomic E-state index is 5.72. The van der Waals surface area contributed by atoms with E-state index in [0.717, 1.165) is 23.2 Å². The Labute approximate surface area is 183 Å². The number of nitrogens with one attached hydrogen (secondary N) is 2. The van der Waals surface area contributed by atoms with Crippen LogP contribution in [0.2, 0.25) is 0 Å². The number of pyridine rings is 2. The summed E-state index contributed by atoms with van der Waals surface area (Å²) in [6.45, 7) is 1.70. The molecule has 2 N–H and O–H groups in total. The molecule has 4 aromatic rings. The predicted octanol–water partition coefficient (Wildman–Crippen LogP) is 2.15. The Kier molecular flexibility index (Phi) is 5.43. The highest BCUT2D eigenvalue weighted by Gasteiger charge is 2.17. The fourth-order valence-corrected chi connectivity index (χ4v) is 3.40. The first-order valence-corrected chi connectivity index (χ1v) is 10.0. The standard InChI is InChI=1S/C21H20N8O3/c1-30-20-15(19-27-12-28-29-19)8-14(10-24-20)16-9-17(26-11-25-16)22-4-2-13-3-5-23-21-18(13)31-6-7-32-21/h3,5,8-12H,2,4,6-7H2,1H3,(H,22,25,26)(H,27,28,29). The van der Waals surface area contributed by atoms with Crippen LogP contribution in [0.1, 0.15) is 5.56 Å². The second kappa shape index (κ2) is 8.84. The molecule has 1 aliphatic rings. The van der Waals surface area contributed by atoms with Crippen LogP contribution in [0.15, 0.2) is 43.2 Å². The van der Waals surface area contributed by atoms with Gasteiger partial charge in [-0.1, -0.05) is 0 Å². The van der Waals surface area contributed by atoms with E-state index in [0.29, 0.717) is 54.5 Å². The number of nitrogens with zero attached hydrogens (tertiary/aromatic N) is 6. The summed E-state index contributed by atoms with van der Waals surface area (Å²) in [5.41, 5.74) is 3.25. The molecule has 5 heterocycles. The molecule has 162 valence electrons. The molecule has 5 rings (SSSR count). The van der Waals surface area contributed by atoms with Crippen LogP contribution in [-0.2, 0) is 6.42 Å². The fourth-order valence-electron chi connectivity index (χ4n) is 3.40. The molecule has 4 aromatic heterocycles. The van der Waals surface area contributed by atoms with E-state index in [1.807, 2.05) is 18.2 Å². The van der Waals surface area contributed by atoms with Crippen molar-refractivity contribution in [2.45, 2.75) is 6.42 Å². The van der Waals surface area contributed by atoms with E-state index in [-0.39, 0.29) is 0 Å². The van der Waals surface area contributed by atoms with Crippen LogP contribution in [-0.4, -0.2) is 62.0 Å². The summed E-state index contributed by atoms with van der Waals surface area (Å²) in [4.78, 5) is 21.5. The topological polar surface area (TPSA) is 133 Å². The Bertz CT molecular complexity index is 1220. The van der Waals surface area contributed by atoms with Crippen molar-refractivity contribution in [2.24, 2.45) is 0 Å². The largest absolute Gasteiger partial charge is 0.484 e. The third-order valence-electron chi connectivity index (χ3n) is 4.90. The second-order valence-corrected chi connectivity index (χ2v) is 6.88. The third-order valence-corrected chi connectivity index (χ3v) is 4.90. The number of methoxy groups -OCH3 is 1. The maximum Gasteiger partial charge on any atom is 0.257 e. The van der Waals surface area contributed by atoms with E-state index in [9.17, 15) is 0 Å². The van der Waals surface area contributed by atoms with Crippen molar-refractivity contribution in [1.29, 1.82) is 0 Å². The molecule has 0 saturated carbocycles. The molecule has 0 unspecified atom stereocenters. The molecule has 0 bridgehead atoms. The molecular weight excluding hydrogens is 412 g/mol. The highest BCUT2D eigenvalue weighted by molar-refractivity contribution is 5.71. The number of fused-ring (bicyclic) bond motifs is 1. The van der Waals surface area contributed by atoms with Gasteiger partial charge in [0.05, 0.1) is 18.4 Å². The predicted molar refractivity (Wildman–Crippen MR) is 115 cm³/mol. The molecule has 0 fully saturated rings. The Morgan fingerprint density at radius 2 is 2.00 bits per heavy atom. The summed E-state index contributed by atoms with van der Waals surface area (Å²) < 4.78 is 16.6. The van der Waals surface area contributed by atoms with E-state index < -0.39 is 0 Å². The van der Waals surface area contributed by atoms with E-state index in [2.05, 4.69) is 40.4 Å². The number of aromatic nitrogens is 7. The SMILES string of the molecule is COc1ncc(-c2cc(NCCc3ccnc4c3OCCO4)ncn2)cc1-c1ncn[nH]1. The molecule has 0 aromatic carbocycles. The Morgan fingerprint density at radius 3 is 2.88 bits per heavy atom. The monoisotopic (exact) mass is 432 g/mol. The molecular formula is C21H20N8O3. The average molecular weight is 432 g/mol. The van der Waals surface area contributed by atoms with Crippen LogP contribution < -0.4 is 19.5 Å². The van der Waals surface area contributed by atoms with E-state index in [1.54, 1.807) is 19.5 Å². The van der Waals surface area contributed by atoms with Crippen molar-refractivity contribution in [2.75, 3.05) is 32.2 Å². The molecule has 1 aliphatic heterocycles. The van der Waals surface area contributed by atoms with Gasteiger partial charge in [-0.3, -0.25) is 5.10 Å². The van der Waals surface area contributed by atoms with Crippen LogP contribution in [0.25, 0.3) is 22.6 Å². The van der Waals surface area contributed by atoms with Gasteiger partial charge in [0.1, 0.15) is 31.7 Å². The summed E-state index contributed by atoms with van der Waals surface area (Å²) >= 11 is 0. The van der Waals surface area contributed by atoms with E-state index in [1.165, 1.54) is 12.7 Å². The Morgan fingerprint density at radius 1 is 1.06 bits per heavy atom. The lowest BCUT2D eigenvalue weighted by atomic mass is 10.1. The molecule has 32 heavy (non-hydrogen) atoms. The van der Waals surface area contributed by atoms with Gasteiger partial charge in [0.15, 0.2) is 11.6 Å². The van der Waals surface area contributed by atoms with E-state index in [4.69, 9.17) is 14.2 Å². The van der Waals surface area contributed by atoms with Gasteiger partial charge >= 0.3 is 0 Å². The highest BCUT2D eigenvalue weighted by Crippen LogP contribution is 2.32. The normalized spacial score (nSPS) is 12.4. The van der Waals surface area contributed by atoms with Gasteiger partial charge < -0.3 is 19.5 Å². The molecule has 0 saturated heterocycles. The summed E-state index contributed by atoms with van der Waals surface area (Å²) in [5, 5.41) is 10.1. The van der Waals surface area contributed by atoms with Gasteiger partial charge in [0, 0.05) is 36.1 Å². The van der Waals surface area contributed by atoms with Crippen molar-refractivity contribution < 1.29 is 14.2 Å². The van der Waals surface area contributed by atoms with Crippen molar-refractivity contribution in [3.05, 3.63) is 48.8 Å². The molecule has 0 spiro atoms. The lowest BCUT2D eigenvalue weighted by Gasteiger charge is -2.19. The van der Waals surface area contributed by atoms with Gasteiger partial charge in [-0.25, -0.2) is 24.9 Å². The minimum atomic E-state index is 0.449. The minimum Gasteiger partial charge on any atom is -0.484 e. The summed E-state index contributed by atoms with van der Waals surface area (Å²) in [7, 11) is 1.56. The second-order valence-electron chi connectivity index (χ2n) is 6.88. The van der Waals surface area contributed by atoms with Gasteiger partial charge in [-0.2, -0.15) is 5.10 Å². The van der Waals surface area contributed by atoms with Crippen LogP contribution >= 0.6 is 0 Å². The first-order chi connectivity index (χ1) is 15.8. The lowest BCUT2D eigenvalue weighted by Crippen LogP contribution is -2.18. The number of hydrogen-bond donors (Lipinski definition) is 2. The Hall–Kier alpha value is -4.28. The lowest BCUT2D eigenvalue weighted by molar-refractivity contribution is 0.163. The zero-order valence-corrected chi connectivity index (χ0v) is 17.3. The number of hydrogen-bond acceptors (Lipinski definition) is 10. The molecule has 0 amide bonds. The van der Waals surface area contributed by atoms with Crippen LogP contribution in [0.4, 0.5) is 5.82 Å². The number of ether oxygens (including phenoxy) is 3. The summed E-state index contributed by atoms with van der Waals surface area (Å²) in [6.07, 6.45) is 7.11. The van der Waals surface area contributed by atoms with Crippen molar-refractivity contribution >= 4 is 5.82 Å². The molecule has 11 nitrogen and oxygen atoms in total. The smallest absolute Gasteiger partial charge is 0.257 e. The molecule has 0 aliphatic carbocycles. The highest BCUT2D eigenvalue weighted by atomic mass is 16.6. The molecule has 0 atom stereocenters. The Balaban J connectivity index is 1.32. The number of H-pyrrole nitrogens is 1. The van der Waals surface area contributed by atoms with Crippen molar-refractivity contribution in [3.8, 4) is 40.2 Å². The zero-order valence-electron chi connectivity index (χ0n) is 17.3. The van der Waals surface area contributed by atoms with Crippen LogP contribution in [0, 0.1) is 0 Å². The van der Waals surface area contributed by atoms with Crippen molar-refractivity contribution in [1.82, 2.24) is 35.1 Å². The maximum absolute atomic E-state index is 5.72. The third kappa shape index (κ3) is 4.00. The van der Waals surface area contributed by atoms with Gasteiger partial charge in [0.2, 0.25) is 5.88 Å². The quantitative estimate of drug-likeness (QED) is 0.447. The molecule has 11 heteroatoms. The van der Waals surface area contributed by atoms with Gasteiger partial charge in [0.25, 0.3) is 5.88 Å². The van der Waals surface area contributed by atoms with Gasteiger partial charge in [-0.05, 0) is 18.6 Å². The van der Waals surface area contributed by atoms with Crippen molar-refractivity contribution in [3.63, 3.8) is 0 Å². The van der Waals surface area contributed by atoms with Gasteiger partial charge in [-0.15, -0.1) is 0 Å². The summed E-state index contributed by atoms with van der Waals surface area (Å²) in [6, 6.07) is 5.71. The van der Waals surface area contributed by atoms with Crippen LogP contribution in [0.5, 0.6) is 17.5 Å². The fraction of sp³-hybridized carbons (Fsp3) is 0.238. The number of aromatic amines is 1. The number of anilines is 1. The van der Waals surface area contributed by atoms with E-state index >= 15 is 0 Å². The first kappa shape index (κ1) is 19.7. The summed E-state index contributed by atoms with van der Waals surface area (Å²) in [5.74, 6) is 2.98. The first-order valence-electron chi connectivity index (χ1n) is 10.0. The minimum absolute atomic E-state index is 0.449. The zero-order chi connectivity index (χ0) is 21.8. The molecule has 0 radical (unpaired) electrons. The van der Waals surface area contributed by atoms with Crippen LogP contribution in [0.3, 0.4) is 0 Å². The number of rotatable bonds is 7.